The van der Waals surface area contributed by atoms with Gasteiger partial charge in [0.1, 0.15) is 0 Å². The number of nitrogens with zero attached hydrogens (tertiary/aromatic N) is 3. The fraction of sp³-hybridized carbons (Fsp3) is 0.400. The molecule has 32 heavy (non-hydrogen) atoms. The normalized spacial score (nSPS) is 14.7. The average molecular weight is 452 g/mol. The van der Waals surface area contributed by atoms with Gasteiger partial charge in [-0.3, -0.25) is 14.2 Å². The number of aromatic nitrogens is 2. The van der Waals surface area contributed by atoms with E-state index in [4.69, 9.17) is 4.74 Å². The highest BCUT2D eigenvalue weighted by Crippen LogP contribution is 2.23. The van der Waals surface area contributed by atoms with Gasteiger partial charge in [-0.2, -0.15) is 0 Å². The highest BCUT2D eigenvalue weighted by atomic mass is 32.2. The van der Waals surface area contributed by atoms with Gasteiger partial charge < -0.3 is 9.64 Å². The van der Waals surface area contributed by atoms with Gasteiger partial charge >= 0.3 is 0 Å². The minimum Gasteiger partial charge on any atom is -0.383 e. The van der Waals surface area contributed by atoms with E-state index in [0.29, 0.717) is 35.1 Å². The zero-order valence-corrected chi connectivity index (χ0v) is 19.2. The molecule has 1 aromatic heterocycles. The smallest absolute Gasteiger partial charge is 0.262 e. The molecule has 0 bridgehead atoms. The summed E-state index contributed by atoms with van der Waals surface area (Å²) >= 11 is 1.34. The Labute approximate surface area is 192 Å². The summed E-state index contributed by atoms with van der Waals surface area (Å²) < 4.78 is 6.79. The summed E-state index contributed by atoms with van der Waals surface area (Å²) in [6.07, 6.45) is 3.13. The second-order valence-corrected chi connectivity index (χ2v) is 9.11. The maximum absolute atomic E-state index is 12.9. The summed E-state index contributed by atoms with van der Waals surface area (Å²) in [6, 6.07) is 17.9. The van der Waals surface area contributed by atoms with E-state index < -0.39 is 0 Å². The highest BCUT2D eigenvalue weighted by Gasteiger charge is 2.23. The van der Waals surface area contributed by atoms with Crippen molar-refractivity contribution in [2.75, 3.05) is 32.6 Å². The Hall–Kier alpha value is -2.64. The molecular weight excluding hydrogens is 422 g/mol. The number of piperidine rings is 1. The van der Waals surface area contributed by atoms with Crippen molar-refractivity contribution in [3.8, 4) is 0 Å². The summed E-state index contributed by atoms with van der Waals surface area (Å²) in [5.74, 6) is 1.01. The van der Waals surface area contributed by atoms with Crippen LogP contribution >= 0.6 is 11.8 Å². The maximum atomic E-state index is 12.9. The van der Waals surface area contributed by atoms with Crippen molar-refractivity contribution < 1.29 is 9.53 Å². The largest absolute Gasteiger partial charge is 0.383 e. The molecule has 2 heterocycles. The minimum atomic E-state index is -0.0932. The number of carbonyl (C=O) groups excluding carboxylic acids is 1. The molecule has 0 aliphatic carbocycles. The molecule has 168 valence electrons. The molecule has 6 nitrogen and oxygen atoms in total. The predicted molar refractivity (Wildman–Crippen MR) is 128 cm³/mol. The third kappa shape index (κ3) is 5.40. The summed E-state index contributed by atoms with van der Waals surface area (Å²) in [4.78, 5) is 32.4. The molecule has 0 saturated carbocycles. The number of benzene rings is 2. The second-order valence-electron chi connectivity index (χ2n) is 8.16. The number of para-hydroxylation sites is 1. The molecule has 0 unspecified atom stereocenters. The Morgan fingerprint density at radius 3 is 2.56 bits per heavy atom. The van der Waals surface area contributed by atoms with Crippen molar-refractivity contribution in [3.63, 3.8) is 0 Å². The SMILES string of the molecule is COCCn1c(SCC(=O)N2CCC(Cc3ccccc3)CC2)nc2ccccc2c1=O. The molecule has 1 aliphatic heterocycles. The fourth-order valence-corrected chi connectivity index (χ4v) is 5.12. The molecule has 1 fully saturated rings. The lowest BCUT2D eigenvalue weighted by Gasteiger charge is -2.32. The lowest BCUT2D eigenvalue weighted by atomic mass is 9.90. The van der Waals surface area contributed by atoms with Gasteiger partial charge in [0.05, 0.1) is 29.8 Å². The fourth-order valence-electron chi connectivity index (χ4n) is 4.19. The molecule has 0 spiro atoms. The van der Waals surface area contributed by atoms with E-state index in [-0.39, 0.29) is 17.2 Å². The molecule has 1 amide bonds. The van der Waals surface area contributed by atoms with Crippen molar-refractivity contribution >= 4 is 28.6 Å². The maximum Gasteiger partial charge on any atom is 0.262 e. The number of hydrogen-bond donors (Lipinski definition) is 0. The summed E-state index contributed by atoms with van der Waals surface area (Å²) in [5, 5.41) is 1.15. The van der Waals surface area contributed by atoms with Crippen LogP contribution in [0.15, 0.2) is 64.5 Å². The van der Waals surface area contributed by atoms with Gasteiger partial charge in [-0.25, -0.2) is 4.98 Å². The summed E-state index contributed by atoms with van der Waals surface area (Å²) in [6.45, 7) is 2.40. The Kier molecular flexibility index (Phi) is 7.60. The number of rotatable bonds is 8. The van der Waals surface area contributed by atoms with E-state index in [9.17, 15) is 9.59 Å². The van der Waals surface area contributed by atoms with Crippen molar-refractivity contribution in [1.82, 2.24) is 14.5 Å². The van der Waals surface area contributed by atoms with Gasteiger partial charge in [0.25, 0.3) is 5.56 Å². The number of carbonyl (C=O) groups is 1. The first kappa shape index (κ1) is 22.6. The summed E-state index contributed by atoms with van der Waals surface area (Å²) in [7, 11) is 1.61. The van der Waals surface area contributed by atoms with Crippen LogP contribution in [-0.4, -0.2) is 52.9 Å². The van der Waals surface area contributed by atoms with Crippen molar-refractivity contribution in [2.24, 2.45) is 5.92 Å². The number of methoxy groups -OCH3 is 1. The predicted octanol–water partition coefficient (Wildman–Crippen LogP) is 3.62. The van der Waals surface area contributed by atoms with Crippen molar-refractivity contribution in [2.45, 2.75) is 31.0 Å². The molecule has 4 rings (SSSR count). The van der Waals surface area contributed by atoms with Gasteiger partial charge in [-0.1, -0.05) is 54.2 Å². The molecule has 3 aromatic rings. The Bertz CT molecular complexity index is 1110. The van der Waals surface area contributed by atoms with Crippen LogP contribution in [0.3, 0.4) is 0 Å². The van der Waals surface area contributed by atoms with Crippen LogP contribution in [0.1, 0.15) is 18.4 Å². The molecule has 1 saturated heterocycles. The van der Waals surface area contributed by atoms with Crippen LogP contribution < -0.4 is 5.56 Å². The third-order valence-electron chi connectivity index (χ3n) is 6.00. The molecule has 0 atom stereocenters. The first-order valence-corrected chi connectivity index (χ1v) is 12.1. The third-order valence-corrected chi connectivity index (χ3v) is 6.97. The van der Waals surface area contributed by atoms with Crippen molar-refractivity contribution in [3.05, 3.63) is 70.5 Å². The van der Waals surface area contributed by atoms with E-state index in [1.807, 2.05) is 29.2 Å². The van der Waals surface area contributed by atoms with Gasteiger partial charge in [0.2, 0.25) is 5.91 Å². The monoisotopic (exact) mass is 451 g/mol. The first-order valence-electron chi connectivity index (χ1n) is 11.1. The first-order chi connectivity index (χ1) is 15.7. The quantitative estimate of drug-likeness (QED) is 0.387. The molecule has 0 N–H and O–H groups in total. The minimum absolute atomic E-state index is 0.0932. The van der Waals surface area contributed by atoms with E-state index in [1.54, 1.807) is 17.7 Å². The number of hydrogen-bond acceptors (Lipinski definition) is 5. The number of likely N-dealkylation sites (tertiary alicyclic amines) is 1. The molecule has 1 aliphatic rings. The summed E-state index contributed by atoms with van der Waals surface area (Å²) in [5.41, 5.74) is 1.93. The molecule has 7 heteroatoms. The Morgan fingerprint density at radius 2 is 1.81 bits per heavy atom. The van der Waals surface area contributed by atoms with Crippen LogP contribution in [-0.2, 0) is 22.5 Å². The van der Waals surface area contributed by atoms with Gasteiger partial charge in [0, 0.05) is 20.2 Å². The van der Waals surface area contributed by atoms with E-state index >= 15 is 0 Å². The van der Waals surface area contributed by atoms with Crippen LogP contribution in [0.2, 0.25) is 0 Å². The van der Waals surface area contributed by atoms with E-state index in [2.05, 4.69) is 29.2 Å². The Morgan fingerprint density at radius 1 is 1.09 bits per heavy atom. The van der Waals surface area contributed by atoms with Crippen LogP contribution in [0.4, 0.5) is 0 Å². The van der Waals surface area contributed by atoms with Gasteiger partial charge in [-0.05, 0) is 42.9 Å². The van der Waals surface area contributed by atoms with E-state index in [1.165, 1.54) is 17.3 Å². The highest BCUT2D eigenvalue weighted by molar-refractivity contribution is 7.99. The van der Waals surface area contributed by atoms with Crippen molar-refractivity contribution in [1.29, 1.82) is 0 Å². The van der Waals surface area contributed by atoms with Crippen LogP contribution in [0, 0.1) is 5.92 Å². The lowest BCUT2D eigenvalue weighted by Crippen LogP contribution is -2.40. The number of ether oxygens (including phenoxy) is 1. The zero-order chi connectivity index (χ0) is 22.3. The average Bonchev–Trinajstić information content (AvgIpc) is 2.83. The Balaban J connectivity index is 1.38. The number of amides is 1. The zero-order valence-electron chi connectivity index (χ0n) is 18.4. The number of thioether (sulfide) groups is 1. The second kappa shape index (κ2) is 10.8. The molecule has 2 aromatic carbocycles. The van der Waals surface area contributed by atoms with Gasteiger partial charge in [0.15, 0.2) is 5.16 Å². The standard InChI is InChI=1S/C25H29N3O3S/c1-31-16-15-28-24(30)21-9-5-6-10-22(21)26-25(28)32-18-23(29)27-13-11-20(12-14-27)17-19-7-3-2-4-8-19/h2-10,20H,11-18H2,1H3. The number of fused-ring (bicyclic) bond motifs is 1. The van der Waals surface area contributed by atoms with E-state index in [0.717, 1.165) is 32.4 Å². The lowest BCUT2D eigenvalue weighted by molar-refractivity contribution is -0.129. The molecular formula is C25H29N3O3S. The van der Waals surface area contributed by atoms with Crippen LogP contribution in [0.5, 0.6) is 0 Å². The molecule has 0 radical (unpaired) electrons. The topological polar surface area (TPSA) is 64.4 Å². The van der Waals surface area contributed by atoms with Crippen LogP contribution in [0.25, 0.3) is 10.9 Å². The van der Waals surface area contributed by atoms with Gasteiger partial charge in [-0.15, -0.1) is 0 Å².